The van der Waals surface area contributed by atoms with Gasteiger partial charge in [-0.25, -0.2) is 0 Å². The predicted molar refractivity (Wildman–Crippen MR) is 101 cm³/mol. The topological polar surface area (TPSA) is 40.6 Å². The summed E-state index contributed by atoms with van der Waals surface area (Å²) in [4.78, 5) is 28.4. The van der Waals surface area contributed by atoms with Crippen molar-refractivity contribution >= 4 is 51.2 Å². The number of anilines is 3. The molecule has 0 saturated heterocycles. The van der Waals surface area contributed by atoms with E-state index in [1.807, 2.05) is 42.5 Å². The predicted octanol–water partition coefficient (Wildman–Crippen LogP) is 4.52. The molecule has 0 saturated carbocycles. The van der Waals surface area contributed by atoms with Gasteiger partial charge < -0.3 is 4.90 Å². The Hall–Kier alpha value is -2.85. The highest BCUT2D eigenvalue weighted by molar-refractivity contribution is 6.31. The van der Waals surface area contributed by atoms with Gasteiger partial charge in [-0.2, -0.15) is 0 Å². The lowest BCUT2D eigenvalue weighted by atomic mass is 10.1. The van der Waals surface area contributed by atoms with E-state index in [9.17, 15) is 9.59 Å². The first kappa shape index (κ1) is 15.7. The van der Waals surface area contributed by atoms with E-state index in [-0.39, 0.29) is 18.2 Å². The zero-order valence-electron chi connectivity index (χ0n) is 13.6. The number of benzene rings is 3. The third-order valence-corrected chi connectivity index (χ3v) is 4.71. The van der Waals surface area contributed by atoms with Crippen LogP contribution in [0.4, 0.5) is 17.1 Å². The van der Waals surface area contributed by atoms with Crippen LogP contribution in [0.15, 0.2) is 60.7 Å². The molecule has 2 amide bonds. The molecular formula is C20H15ClN2O2. The van der Waals surface area contributed by atoms with Crippen molar-refractivity contribution in [3.8, 4) is 0 Å². The minimum absolute atomic E-state index is 0.188. The van der Waals surface area contributed by atoms with Gasteiger partial charge in [0.15, 0.2) is 0 Å². The van der Waals surface area contributed by atoms with Crippen LogP contribution < -0.4 is 9.80 Å². The summed E-state index contributed by atoms with van der Waals surface area (Å²) in [7, 11) is 1.68. The SMILES string of the molecule is CN1C(=O)CC(=O)N(c2cccc3ccccc23)c2cc(Cl)ccc21. The molecule has 3 aromatic rings. The second-order valence-corrected chi connectivity index (χ2v) is 6.43. The molecule has 3 aromatic carbocycles. The third-order valence-electron chi connectivity index (χ3n) is 4.47. The highest BCUT2D eigenvalue weighted by Crippen LogP contribution is 2.41. The summed E-state index contributed by atoms with van der Waals surface area (Å²) in [6.45, 7) is 0. The van der Waals surface area contributed by atoms with Gasteiger partial charge >= 0.3 is 0 Å². The summed E-state index contributed by atoms with van der Waals surface area (Å²) in [6.07, 6.45) is -0.188. The molecule has 0 radical (unpaired) electrons. The van der Waals surface area contributed by atoms with Crippen LogP contribution in [0.3, 0.4) is 0 Å². The van der Waals surface area contributed by atoms with Crippen LogP contribution in [0.5, 0.6) is 0 Å². The lowest BCUT2D eigenvalue weighted by Gasteiger charge is -2.25. The van der Waals surface area contributed by atoms with Gasteiger partial charge in [0.2, 0.25) is 11.8 Å². The van der Waals surface area contributed by atoms with Gasteiger partial charge in [0, 0.05) is 17.5 Å². The third kappa shape index (κ3) is 2.55. The Morgan fingerprint density at radius 2 is 1.60 bits per heavy atom. The van der Waals surface area contributed by atoms with Crippen molar-refractivity contribution in [2.45, 2.75) is 6.42 Å². The summed E-state index contributed by atoms with van der Waals surface area (Å²) in [5, 5.41) is 2.49. The fourth-order valence-electron chi connectivity index (χ4n) is 3.22. The van der Waals surface area contributed by atoms with Gasteiger partial charge in [0.25, 0.3) is 0 Å². The Morgan fingerprint density at radius 1 is 0.840 bits per heavy atom. The van der Waals surface area contributed by atoms with E-state index in [0.29, 0.717) is 16.4 Å². The second-order valence-electron chi connectivity index (χ2n) is 5.99. The van der Waals surface area contributed by atoms with Crippen molar-refractivity contribution in [3.63, 3.8) is 0 Å². The van der Waals surface area contributed by atoms with Gasteiger partial charge in [-0.15, -0.1) is 0 Å². The standard InChI is InChI=1S/C20H15ClN2O2/c1-22-17-10-9-14(21)11-18(17)23(20(25)12-19(22)24)16-8-4-6-13-5-2-3-7-15(13)16/h2-11H,12H2,1H3. The summed E-state index contributed by atoms with van der Waals surface area (Å²) in [6, 6.07) is 18.9. The molecule has 0 N–H and O–H groups in total. The second kappa shape index (κ2) is 5.90. The molecule has 4 rings (SSSR count). The summed E-state index contributed by atoms with van der Waals surface area (Å²) in [5.41, 5.74) is 2.02. The van der Waals surface area contributed by atoms with Gasteiger partial charge in [-0.3, -0.25) is 14.5 Å². The van der Waals surface area contributed by atoms with Crippen LogP contribution in [0.25, 0.3) is 10.8 Å². The first-order valence-electron chi connectivity index (χ1n) is 7.93. The molecule has 1 aliphatic rings. The molecule has 1 heterocycles. The monoisotopic (exact) mass is 350 g/mol. The molecule has 4 nitrogen and oxygen atoms in total. The smallest absolute Gasteiger partial charge is 0.241 e. The minimum atomic E-state index is -0.269. The lowest BCUT2D eigenvalue weighted by Crippen LogP contribution is -2.28. The van der Waals surface area contributed by atoms with Crippen molar-refractivity contribution in [2.24, 2.45) is 0 Å². The molecule has 0 bridgehead atoms. The van der Waals surface area contributed by atoms with Crippen LogP contribution >= 0.6 is 11.6 Å². The molecule has 0 aliphatic carbocycles. The van der Waals surface area contributed by atoms with E-state index in [1.54, 1.807) is 30.1 Å². The summed E-state index contributed by atoms with van der Waals surface area (Å²) >= 11 is 6.19. The largest absolute Gasteiger partial charge is 0.313 e. The maximum absolute atomic E-state index is 12.9. The van der Waals surface area contributed by atoms with E-state index >= 15 is 0 Å². The van der Waals surface area contributed by atoms with Gasteiger partial charge in [-0.05, 0) is 29.7 Å². The van der Waals surface area contributed by atoms with Gasteiger partial charge in [0.05, 0.1) is 17.1 Å². The van der Waals surface area contributed by atoms with Crippen molar-refractivity contribution in [1.82, 2.24) is 0 Å². The van der Waals surface area contributed by atoms with E-state index in [1.165, 1.54) is 4.90 Å². The molecule has 5 heteroatoms. The number of rotatable bonds is 1. The molecule has 0 fully saturated rings. The number of carbonyl (C=O) groups excluding carboxylic acids is 2. The number of hydrogen-bond acceptors (Lipinski definition) is 2. The van der Waals surface area contributed by atoms with Crippen molar-refractivity contribution in [2.75, 3.05) is 16.8 Å². The first-order chi connectivity index (χ1) is 12.1. The maximum atomic E-state index is 12.9. The Balaban J connectivity index is 2.02. The van der Waals surface area contributed by atoms with E-state index in [2.05, 4.69) is 0 Å². The van der Waals surface area contributed by atoms with Crippen LogP contribution in [0.1, 0.15) is 6.42 Å². The fourth-order valence-corrected chi connectivity index (χ4v) is 3.39. The van der Waals surface area contributed by atoms with Crippen molar-refractivity contribution < 1.29 is 9.59 Å². The maximum Gasteiger partial charge on any atom is 0.241 e. The number of carbonyl (C=O) groups is 2. The highest BCUT2D eigenvalue weighted by atomic mass is 35.5. The summed E-state index contributed by atoms with van der Waals surface area (Å²) in [5.74, 6) is -0.509. The molecule has 0 aromatic heterocycles. The molecule has 124 valence electrons. The quantitative estimate of drug-likeness (QED) is 0.605. The molecular weight excluding hydrogens is 336 g/mol. The van der Waals surface area contributed by atoms with Crippen molar-refractivity contribution in [3.05, 3.63) is 65.7 Å². The van der Waals surface area contributed by atoms with Gasteiger partial charge in [-0.1, -0.05) is 48.0 Å². The Labute approximate surface area is 150 Å². The molecule has 0 atom stereocenters. The van der Waals surface area contributed by atoms with Gasteiger partial charge in [0.1, 0.15) is 6.42 Å². The molecule has 1 aliphatic heterocycles. The number of halogens is 1. The summed E-state index contributed by atoms with van der Waals surface area (Å²) < 4.78 is 0. The Morgan fingerprint density at radius 3 is 2.44 bits per heavy atom. The Kier molecular flexibility index (Phi) is 3.70. The van der Waals surface area contributed by atoms with Crippen LogP contribution in [0, 0.1) is 0 Å². The number of amides is 2. The number of fused-ring (bicyclic) bond motifs is 2. The Bertz CT molecular complexity index is 1010. The number of hydrogen-bond donors (Lipinski definition) is 0. The minimum Gasteiger partial charge on any atom is -0.313 e. The molecule has 0 unspecified atom stereocenters. The fraction of sp³-hybridized carbons (Fsp3) is 0.100. The zero-order chi connectivity index (χ0) is 17.6. The van der Waals surface area contributed by atoms with E-state index in [4.69, 9.17) is 11.6 Å². The first-order valence-corrected chi connectivity index (χ1v) is 8.31. The molecule has 0 spiro atoms. The zero-order valence-corrected chi connectivity index (χ0v) is 14.3. The average Bonchev–Trinajstić information content (AvgIpc) is 2.69. The van der Waals surface area contributed by atoms with Crippen LogP contribution in [-0.2, 0) is 9.59 Å². The van der Waals surface area contributed by atoms with Crippen LogP contribution in [-0.4, -0.2) is 18.9 Å². The van der Waals surface area contributed by atoms with E-state index < -0.39 is 0 Å². The van der Waals surface area contributed by atoms with E-state index in [0.717, 1.165) is 16.5 Å². The van der Waals surface area contributed by atoms with Crippen molar-refractivity contribution in [1.29, 1.82) is 0 Å². The molecule has 25 heavy (non-hydrogen) atoms. The normalized spacial score (nSPS) is 14.6. The lowest BCUT2D eigenvalue weighted by molar-refractivity contribution is -0.125. The average molecular weight is 351 g/mol. The van der Waals surface area contributed by atoms with Crippen LogP contribution in [0.2, 0.25) is 5.02 Å². The highest BCUT2D eigenvalue weighted by Gasteiger charge is 2.31. The number of nitrogens with zero attached hydrogens (tertiary/aromatic N) is 2.